The summed E-state index contributed by atoms with van der Waals surface area (Å²) in [6, 6.07) is 12.3. The summed E-state index contributed by atoms with van der Waals surface area (Å²) < 4.78 is 42.4. The Hall–Kier alpha value is -4.21. The molecule has 5 aromatic rings. The highest BCUT2D eigenvalue weighted by Crippen LogP contribution is 2.39. The van der Waals surface area contributed by atoms with Crippen LogP contribution in [0, 0.1) is 0 Å². The number of hydrogen-bond donors (Lipinski definition) is 1. The van der Waals surface area contributed by atoms with Gasteiger partial charge in [-0.2, -0.15) is 5.10 Å². The minimum absolute atomic E-state index is 0.0898. The predicted molar refractivity (Wildman–Crippen MR) is 131 cm³/mol. The average Bonchev–Trinajstić information content (AvgIpc) is 3.64. The van der Waals surface area contributed by atoms with E-state index in [-0.39, 0.29) is 22.5 Å². The third-order valence-corrected chi connectivity index (χ3v) is 6.32. The molecule has 1 fully saturated rings. The number of benzene rings is 1. The third kappa shape index (κ3) is 3.98. The van der Waals surface area contributed by atoms with E-state index in [9.17, 15) is 18.0 Å². The van der Waals surface area contributed by atoms with Crippen LogP contribution in [0.4, 0.5) is 19.0 Å². The van der Waals surface area contributed by atoms with Crippen LogP contribution in [0.25, 0.3) is 38.6 Å². The van der Waals surface area contributed by atoms with Gasteiger partial charge in [-0.3, -0.25) is 19.0 Å². The maximum Gasteiger partial charge on any atom is 0.287 e. The topological polar surface area (TPSA) is 77.6 Å². The number of halogens is 3. The summed E-state index contributed by atoms with van der Waals surface area (Å²) >= 11 is 0. The fourth-order valence-corrected chi connectivity index (χ4v) is 4.39. The molecule has 4 heterocycles. The molecule has 10 heteroatoms. The third-order valence-electron chi connectivity index (χ3n) is 6.32. The Balaban J connectivity index is 1.55. The average molecular weight is 490 g/mol. The Morgan fingerprint density at radius 1 is 1.03 bits per heavy atom. The van der Waals surface area contributed by atoms with Crippen LogP contribution in [0.3, 0.4) is 0 Å². The summed E-state index contributed by atoms with van der Waals surface area (Å²) in [6.45, 7) is 0. The smallest absolute Gasteiger partial charge is 0.287 e. The lowest BCUT2D eigenvalue weighted by Gasteiger charge is -2.15. The van der Waals surface area contributed by atoms with E-state index in [0.29, 0.717) is 22.6 Å². The number of anilines is 1. The molecule has 0 saturated heterocycles. The number of pyridine rings is 3. The van der Waals surface area contributed by atoms with Crippen LogP contribution in [0.1, 0.15) is 24.5 Å². The Bertz CT molecular complexity index is 1660. The maximum atomic E-state index is 13.9. The monoisotopic (exact) mass is 490 g/mol. The van der Waals surface area contributed by atoms with Crippen molar-refractivity contribution in [3.63, 3.8) is 0 Å². The second kappa shape index (κ2) is 8.47. The number of aromatic nitrogens is 5. The normalized spacial score (nSPS) is 14.6. The standard InChI is InChI=1S/C26H21F3N6O/c1-34-12-17-10-18(6-8-20(17)33-34)35-13-16-5-9-21(32-25(29)24(27)28)31-23(16)22(26(35)36)15-4-7-19(30-11-15)14-2-3-14/h4-14,24-25H,2-3H2,1H3,(H,31,32). The van der Waals surface area contributed by atoms with Gasteiger partial charge in [-0.15, -0.1) is 0 Å². The Morgan fingerprint density at radius 2 is 1.86 bits per heavy atom. The molecule has 1 atom stereocenters. The molecule has 1 saturated carbocycles. The van der Waals surface area contributed by atoms with Crippen molar-refractivity contribution >= 4 is 27.6 Å². The van der Waals surface area contributed by atoms with Crippen LogP contribution < -0.4 is 10.9 Å². The maximum absolute atomic E-state index is 13.9. The van der Waals surface area contributed by atoms with Crippen LogP contribution in [-0.2, 0) is 7.05 Å². The summed E-state index contributed by atoms with van der Waals surface area (Å²) in [4.78, 5) is 22.8. The van der Waals surface area contributed by atoms with Crippen molar-refractivity contribution in [2.24, 2.45) is 7.05 Å². The quantitative estimate of drug-likeness (QED) is 0.332. The molecule has 0 spiro atoms. The zero-order chi connectivity index (χ0) is 25.0. The van der Waals surface area contributed by atoms with E-state index in [0.717, 1.165) is 29.4 Å². The zero-order valence-corrected chi connectivity index (χ0v) is 19.2. The fourth-order valence-electron chi connectivity index (χ4n) is 4.39. The number of nitrogens with one attached hydrogen (secondary N) is 1. The Morgan fingerprint density at radius 3 is 2.58 bits per heavy atom. The molecular weight excluding hydrogens is 469 g/mol. The van der Waals surface area contributed by atoms with Gasteiger partial charge in [0.1, 0.15) is 5.82 Å². The molecule has 1 aliphatic carbocycles. The summed E-state index contributed by atoms with van der Waals surface area (Å²) in [5.41, 5.74) is 3.11. The summed E-state index contributed by atoms with van der Waals surface area (Å²) in [5, 5.41) is 7.91. The zero-order valence-electron chi connectivity index (χ0n) is 19.2. The van der Waals surface area contributed by atoms with Gasteiger partial charge in [0.2, 0.25) is 6.30 Å². The van der Waals surface area contributed by atoms with Gasteiger partial charge in [0.05, 0.1) is 16.6 Å². The lowest BCUT2D eigenvalue weighted by Crippen LogP contribution is -2.23. The molecule has 0 aliphatic heterocycles. The number of rotatable bonds is 6. The molecule has 7 nitrogen and oxygen atoms in total. The van der Waals surface area contributed by atoms with Crippen molar-refractivity contribution in [3.8, 4) is 16.8 Å². The summed E-state index contributed by atoms with van der Waals surface area (Å²) in [5.74, 6) is 0.354. The van der Waals surface area contributed by atoms with E-state index in [4.69, 9.17) is 0 Å². The van der Waals surface area contributed by atoms with Crippen LogP contribution >= 0.6 is 0 Å². The lowest BCUT2D eigenvalue weighted by molar-refractivity contribution is 0.0649. The van der Waals surface area contributed by atoms with Gasteiger partial charge >= 0.3 is 0 Å². The van der Waals surface area contributed by atoms with Crippen LogP contribution in [-0.4, -0.2) is 37.0 Å². The summed E-state index contributed by atoms with van der Waals surface area (Å²) in [6.07, 6.45) is 1.53. The molecule has 0 amide bonds. The highest BCUT2D eigenvalue weighted by Gasteiger charge is 2.25. The molecule has 182 valence electrons. The first-order valence-electron chi connectivity index (χ1n) is 11.5. The number of alkyl halides is 3. The van der Waals surface area contributed by atoms with Gasteiger partial charge in [0, 0.05) is 59.3 Å². The number of hydrogen-bond acceptors (Lipinski definition) is 5. The Kier molecular flexibility index (Phi) is 5.24. The molecule has 1 aromatic carbocycles. The van der Waals surface area contributed by atoms with Crippen molar-refractivity contribution in [2.75, 3.05) is 5.32 Å². The van der Waals surface area contributed by atoms with Gasteiger partial charge in [0.25, 0.3) is 12.0 Å². The highest BCUT2D eigenvalue weighted by molar-refractivity contribution is 5.94. The van der Waals surface area contributed by atoms with Crippen molar-refractivity contribution in [2.45, 2.75) is 31.5 Å². The summed E-state index contributed by atoms with van der Waals surface area (Å²) in [7, 11) is 1.82. The molecule has 1 unspecified atom stereocenters. The fraction of sp³-hybridized carbons (Fsp3) is 0.231. The van der Waals surface area contributed by atoms with E-state index in [1.54, 1.807) is 29.2 Å². The number of aryl methyl sites for hydroxylation is 1. The molecule has 1 N–H and O–H groups in total. The lowest BCUT2D eigenvalue weighted by atomic mass is 10.0. The van der Waals surface area contributed by atoms with E-state index in [1.165, 1.54) is 10.6 Å². The van der Waals surface area contributed by atoms with E-state index < -0.39 is 12.7 Å². The van der Waals surface area contributed by atoms with Gasteiger partial charge in [0.15, 0.2) is 0 Å². The van der Waals surface area contributed by atoms with Crippen LogP contribution in [0.2, 0.25) is 0 Å². The Labute approximate surface area is 203 Å². The minimum atomic E-state index is -3.21. The number of nitrogens with zero attached hydrogens (tertiary/aromatic N) is 5. The van der Waals surface area contributed by atoms with E-state index in [1.807, 2.05) is 37.5 Å². The van der Waals surface area contributed by atoms with Gasteiger partial charge < -0.3 is 5.32 Å². The molecule has 6 rings (SSSR count). The van der Waals surface area contributed by atoms with Gasteiger partial charge in [-0.05, 0) is 49.2 Å². The SMILES string of the molecule is Cn1cc2cc(-n3cc4ccc(NC(F)C(F)F)nc4c(-c4ccc(C5CC5)nc4)c3=O)ccc2n1. The van der Waals surface area contributed by atoms with Crippen molar-refractivity contribution in [1.82, 2.24) is 24.3 Å². The predicted octanol–water partition coefficient (Wildman–Crippen LogP) is 5.18. The van der Waals surface area contributed by atoms with Gasteiger partial charge in [-0.25, -0.2) is 18.2 Å². The van der Waals surface area contributed by atoms with E-state index >= 15 is 0 Å². The molecular formula is C26H21F3N6O. The minimum Gasteiger partial charge on any atom is -0.336 e. The second-order valence-electron chi connectivity index (χ2n) is 8.99. The second-order valence-corrected chi connectivity index (χ2v) is 8.99. The van der Waals surface area contributed by atoms with Crippen molar-refractivity contribution in [1.29, 1.82) is 0 Å². The van der Waals surface area contributed by atoms with Gasteiger partial charge in [-0.1, -0.05) is 6.07 Å². The molecule has 4 aromatic heterocycles. The molecule has 0 bridgehead atoms. The first-order valence-corrected chi connectivity index (χ1v) is 11.5. The first-order chi connectivity index (χ1) is 17.4. The first kappa shape index (κ1) is 22.3. The van der Waals surface area contributed by atoms with Crippen LogP contribution in [0.15, 0.2) is 65.8 Å². The van der Waals surface area contributed by atoms with Crippen molar-refractivity contribution in [3.05, 3.63) is 77.1 Å². The number of fused-ring (bicyclic) bond motifs is 2. The van der Waals surface area contributed by atoms with E-state index in [2.05, 4.69) is 20.4 Å². The molecule has 0 radical (unpaired) electrons. The largest absolute Gasteiger partial charge is 0.336 e. The molecule has 36 heavy (non-hydrogen) atoms. The van der Waals surface area contributed by atoms with Crippen molar-refractivity contribution < 1.29 is 13.2 Å². The van der Waals surface area contributed by atoms with Crippen LogP contribution in [0.5, 0.6) is 0 Å². The highest BCUT2D eigenvalue weighted by atomic mass is 19.3. The molecule has 1 aliphatic rings.